The molecule has 1 atom stereocenters. The zero-order valence-corrected chi connectivity index (χ0v) is 11.1. The standard InChI is InChI=1S/C15H13ClF2O/c1-15(19,11-3-2-4-12(16)7-11)9-10-5-13(17)8-14(18)6-10/h2-8,19H,9H2,1H3. The van der Waals surface area contributed by atoms with Crippen LogP contribution in [0.25, 0.3) is 0 Å². The topological polar surface area (TPSA) is 20.2 Å². The third-order valence-electron chi connectivity index (χ3n) is 2.92. The molecule has 0 heterocycles. The van der Waals surface area contributed by atoms with Gasteiger partial charge in [0.1, 0.15) is 11.6 Å². The summed E-state index contributed by atoms with van der Waals surface area (Å²) in [5, 5.41) is 10.9. The van der Waals surface area contributed by atoms with Crippen LogP contribution in [0.4, 0.5) is 8.78 Å². The summed E-state index contributed by atoms with van der Waals surface area (Å²) in [6.45, 7) is 1.58. The molecule has 0 aliphatic heterocycles. The van der Waals surface area contributed by atoms with E-state index in [1.807, 2.05) is 0 Å². The van der Waals surface area contributed by atoms with Crippen molar-refractivity contribution in [2.75, 3.05) is 0 Å². The van der Waals surface area contributed by atoms with Crippen LogP contribution in [0, 0.1) is 11.6 Å². The Hall–Kier alpha value is -1.45. The van der Waals surface area contributed by atoms with Crippen molar-refractivity contribution in [1.82, 2.24) is 0 Å². The third kappa shape index (κ3) is 3.52. The van der Waals surface area contributed by atoms with E-state index in [0.29, 0.717) is 16.1 Å². The number of rotatable bonds is 3. The van der Waals surface area contributed by atoms with E-state index >= 15 is 0 Å². The molecule has 0 saturated heterocycles. The first-order valence-corrected chi connectivity index (χ1v) is 6.18. The quantitative estimate of drug-likeness (QED) is 0.900. The highest BCUT2D eigenvalue weighted by molar-refractivity contribution is 6.30. The highest BCUT2D eigenvalue weighted by Crippen LogP contribution is 2.27. The highest BCUT2D eigenvalue weighted by Gasteiger charge is 2.24. The van der Waals surface area contributed by atoms with Crippen molar-refractivity contribution < 1.29 is 13.9 Å². The minimum atomic E-state index is -1.24. The fraction of sp³-hybridized carbons (Fsp3) is 0.200. The van der Waals surface area contributed by atoms with Crippen molar-refractivity contribution >= 4 is 11.6 Å². The summed E-state index contributed by atoms with van der Waals surface area (Å²) in [7, 11) is 0. The van der Waals surface area contributed by atoms with Crippen molar-refractivity contribution in [2.45, 2.75) is 18.9 Å². The molecule has 0 aliphatic carbocycles. The summed E-state index contributed by atoms with van der Waals surface area (Å²) in [6.07, 6.45) is 0.0992. The zero-order chi connectivity index (χ0) is 14.0. The number of hydrogen-bond acceptors (Lipinski definition) is 1. The van der Waals surface area contributed by atoms with Crippen LogP contribution in [-0.4, -0.2) is 5.11 Å². The molecule has 0 fully saturated rings. The van der Waals surface area contributed by atoms with Crippen LogP contribution < -0.4 is 0 Å². The summed E-state index contributed by atoms with van der Waals surface area (Å²) in [5.74, 6) is -1.31. The van der Waals surface area contributed by atoms with Crippen LogP contribution in [-0.2, 0) is 12.0 Å². The van der Waals surface area contributed by atoms with Crippen molar-refractivity contribution in [3.8, 4) is 0 Å². The van der Waals surface area contributed by atoms with Crippen molar-refractivity contribution in [3.63, 3.8) is 0 Å². The van der Waals surface area contributed by atoms with E-state index in [-0.39, 0.29) is 6.42 Å². The molecule has 0 spiro atoms. The second-order valence-corrected chi connectivity index (χ2v) is 5.18. The lowest BCUT2D eigenvalue weighted by atomic mass is 9.89. The van der Waals surface area contributed by atoms with E-state index in [9.17, 15) is 13.9 Å². The van der Waals surface area contributed by atoms with Crippen LogP contribution in [0.3, 0.4) is 0 Å². The van der Waals surface area contributed by atoms with E-state index < -0.39 is 17.2 Å². The second-order valence-electron chi connectivity index (χ2n) is 4.74. The molecule has 0 aliphatic rings. The molecular formula is C15H13ClF2O. The average Bonchev–Trinajstić information content (AvgIpc) is 2.26. The van der Waals surface area contributed by atoms with E-state index in [2.05, 4.69) is 0 Å². The minimum absolute atomic E-state index is 0.0992. The summed E-state index contributed by atoms with van der Waals surface area (Å²) < 4.78 is 26.3. The lowest BCUT2D eigenvalue weighted by molar-refractivity contribution is 0.0575. The summed E-state index contributed by atoms with van der Waals surface area (Å²) in [6, 6.07) is 10.0. The predicted molar refractivity (Wildman–Crippen MR) is 71.1 cm³/mol. The average molecular weight is 283 g/mol. The Labute approximate surface area is 115 Å². The Bertz CT molecular complexity index is 576. The largest absolute Gasteiger partial charge is 0.385 e. The van der Waals surface area contributed by atoms with E-state index in [1.54, 1.807) is 31.2 Å². The van der Waals surface area contributed by atoms with Gasteiger partial charge in [-0.05, 0) is 42.3 Å². The number of halogens is 3. The van der Waals surface area contributed by atoms with Gasteiger partial charge in [0.05, 0.1) is 5.60 Å². The van der Waals surface area contributed by atoms with Gasteiger partial charge in [-0.1, -0.05) is 23.7 Å². The Morgan fingerprint density at radius 3 is 2.32 bits per heavy atom. The van der Waals surface area contributed by atoms with Crippen LogP contribution in [0.2, 0.25) is 5.02 Å². The first-order valence-electron chi connectivity index (χ1n) is 5.80. The molecule has 2 rings (SSSR count). The maximum Gasteiger partial charge on any atom is 0.126 e. The number of aliphatic hydroxyl groups is 1. The predicted octanol–water partition coefficient (Wildman–Crippen LogP) is 4.07. The Kier molecular flexibility index (Phi) is 3.88. The second kappa shape index (κ2) is 5.27. The van der Waals surface area contributed by atoms with Crippen molar-refractivity contribution in [3.05, 3.63) is 70.2 Å². The summed E-state index contributed by atoms with van der Waals surface area (Å²) in [4.78, 5) is 0. The van der Waals surface area contributed by atoms with Gasteiger partial charge < -0.3 is 5.11 Å². The van der Waals surface area contributed by atoms with Crippen LogP contribution in [0.1, 0.15) is 18.1 Å². The SMILES string of the molecule is CC(O)(Cc1cc(F)cc(F)c1)c1cccc(Cl)c1. The van der Waals surface area contributed by atoms with Crippen LogP contribution in [0.5, 0.6) is 0 Å². The third-order valence-corrected chi connectivity index (χ3v) is 3.15. The van der Waals surface area contributed by atoms with Crippen LogP contribution in [0.15, 0.2) is 42.5 Å². The van der Waals surface area contributed by atoms with Crippen LogP contribution >= 0.6 is 11.6 Å². The molecule has 1 N–H and O–H groups in total. The van der Waals surface area contributed by atoms with Gasteiger partial charge >= 0.3 is 0 Å². The molecule has 0 saturated carbocycles. The molecule has 4 heteroatoms. The Morgan fingerprint density at radius 1 is 1.11 bits per heavy atom. The van der Waals surface area contributed by atoms with Gasteiger partial charge in [-0.15, -0.1) is 0 Å². The van der Waals surface area contributed by atoms with Gasteiger partial charge in [0.2, 0.25) is 0 Å². The molecule has 100 valence electrons. The van der Waals surface area contributed by atoms with E-state index in [4.69, 9.17) is 11.6 Å². The number of hydrogen-bond donors (Lipinski definition) is 1. The first kappa shape index (κ1) is 14.0. The van der Waals surface area contributed by atoms with Gasteiger partial charge in [0, 0.05) is 17.5 Å². The van der Waals surface area contributed by atoms with Gasteiger partial charge in [-0.25, -0.2) is 8.78 Å². The molecular weight excluding hydrogens is 270 g/mol. The first-order chi connectivity index (χ1) is 8.87. The van der Waals surface area contributed by atoms with Gasteiger partial charge in [-0.2, -0.15) is 0 Å². The van der Waals surface area contributed by atoms with Gasteiger partial charge in [0.15, 0.2) is 0 Å². The summed E-state index contributed by atoms with van der Waals surface area (Å²) in [5.41, 5.74) is -0.252. The fourth-order valence-corrected chi connectivity index (χ4v) is 2.23. The molecule has 1 nitrogen and oxygen atoms in total. The molecule has 0 aromatic heterocycles. The molecule has 0 bridgehead atoms. The van der Waals surface area contributed by atoms with E-state index in [1.165, 1.54) is 12.1 Å². The van der Waals surface area contributed by atoms with Gasteiger partial charge in [0.25, 0.3) is 0 Å². The maximum absolute atomic E-state index is 13.1. The minimum Gasteiger partial charge on any atom is -0.385 e. The number of benzene rings is 2. The smallest absolute Gasteiger partial charge is 0.126 e. The molecule has 19 heavy (non-hydrogen) atoms. The Morgan fingerprint density at radius 2 is 1.74 bits per heavy atom. The molecule has 2 aromatic rings. The van der Waals surface area contributed by atoms with Crippen molar-refractivity contribution in [1.29, 1.82) is 0 Å². The van der Waals surface area contributed by atoms with E-state index in [0.717, 1.165) is 6.07 Å². The Balaban J connectivity index is 2.30. The molecule has 0 amide bonds. The lowest BCUT2D eigenvalue weighted by Crippen LogP contribution is -2.24. The molecule has 1 unspecified atom stereocenters. The monoisotopic (exact) mass is 282 g/mol. The molecule has 0 radical (unpaired) electrons. The lowest BCUT2D eigenvalue weighted by Gasteiger charge is -2.24. The van der Waals surface area contributed by atoms with Gasteiger partial charge in [-0.3, -0.25) is 0 Å². The molecule has 2 aromatic carbocycles. The normalized spacial score (nSPS) is 14.2. The summed E-state index contributed by atoms with van der Waals surface area (Å²) >= 11 is 5.87. The van der Waals surface area contributed by atoms with Crippen molar-refractivity contribution in [2.24, 2.45) is 0 Å². The highest BCUT2D eigenvalue weighted by atomic mass is 35.5. The fourth-order valence-electron chi connectivity index (χ4n) is 2.04. The maximum atomic E-state index is 13.1. The zero-order valence-electron chi connectivity index (χ0n) is 10.3.